The van der Waals surface area contributed by atoms with Crippen LogP contribution < -0.4 is 19.7 Å². The van der Waals surface area contributed by atoms with Gasteiger partial charge in [-0.1, -0.05) is 35.9 Å². The third-order valence-electron chi connectivity index (χ3n) is 6.21. The van der Waals surface area contributed by atoms with E-state index < -0.39 is 5.91 Å². The lowest BCUT2D eigenvalue weighted by Gasteiger charge is -2.16. The van der Waals surface area contributed by atoms with Crippen LogP contribution in [0.4, 0.5) is 11.4 Å². The van der Waals surface area contributed by atoms with Gasteiger partial charge in [0, 0.05) is 11.8 Å². The molecule has 33 heavy (non-hydrogen) atoms. The van der Waals surface area contributed by atoms with Crippen LogP contribution in [0.5, 0.6) is 11.5 Å². The summed E-state index contributed by atoms with van der Waals surface area (Å²) >= 11 is 0. The van der Waals surface area contributed by atoms with Gasteiger partial charge in [0.15, 0.2) is 11.5 Å². The number of rotatable bonds is 4. The normalized spacial score (nSPS) is 15.0. The first-order valence-corrected chi connectivity index (χ1v) is 10.8. The van der Waals surface area contributed by atoms with Gasteiger partial charge >= 0.3 is 0 Å². The number of benzene rings is 3. The van der Waals surface area contributed by atoms with Gasteiger partial charge < -0.3 is 14.8 Å². The molecule has 0 aliphatic carbocycles. The average Bonchev–Trinajstić information content (AvgIpc) is 3.34. The van der Waals surface area contributed by atoms with Gasteiger partial charge in [-0.05, 0) is 68.1 Å². The topological polar surface area (TPSA) is 67.9 Å². The zero-order valence-electron chi connectivity index (χ0n) is 19.0. The van der Waals surface area contributed by atoms with Crippen LogP contribution in [0, 0.1) is 27.7 Å². The highest BCUT2D eigenvalue weighted by molar-refractivity contribution is 6.46. The minimum absolute atomic E-state index is 0.117. The Morgan fingerprint density at radius 3 is 2.39 bits per heavy atom. The first-order chi connectivity index (χ1) is 15.8. The second-order valence-corrected chi connectivity index (χ2v) is 8.42. The fourth-order valence-electron chi connectivity index (χ4n) is 4.27. The first kappa shape index (κ1) is 20.8. The Hall–Kier alpha value is -4.06. The Morgan fingerprint density at radius 2 is 1.61 bits per heavy atom. The van der Waals surface area contributed by atoms with E-state index in [4.69, 9.17) is 9.47 Å². The summed E-state index contributed by atoms with van der Waals surface area (Å²) in [4.78, 5) is 28.6. The maximum atomic E-state index is 13.7. The van der Waals surface area contributed by atoms with Crippen molar-refractivity contribution in [2.45, 2.75) is 27.7 Å². The summed E-state index contributed by atoms with van der Waals surface area (Å²) in [7, 11) is 0. The van der Waals surface area contributed by atoms with Gasteiger partial charge in [-0.3, -0.25) is 9.59 Å². The number of nitrogens with one attached hydrogen (secondary N) is 1. The summed E-state index contributed by atoms with van der Waals surface area (Å²) in [5.74, 6) is 0.319. The molecule has 6 heteroatoms. The second-order valence-electron chi connectivity index (χ2n) is 8.42. The van der Waals surface area contributed by atoms with Crippen molar-refractivity contribution in [2.24, 2.45) is 0 Å². The molecule has 3 aromatic rings. The molecule has 0 atom stereocenters. The molecule has 2 amide bonds. The SMILES string of the molecule is Cc1ccc(C2=C(Nc3cccc(C)c3C)C(=O)N(c3ccc4c(c3)OCO4)C2=O)c(C)c1. The summed E-state index contributed by atoms with van der Waals surface area (Å²) in [5.41, 5.74) is 6.72. The van der Waals surface area contributed by atoms with E-state index in [1.807, 2.05) is 64.1 Å². The predicted octanol–water partition coefficient (Wildman–Crippen LogP) is 5.05. The molecular formula is C27H24N2O4. The predicted molar refractivity (Wildman–Crippen MR) is 127 cm³/mol. The number of ether oxygens (including phenoxy) is 2. The van der Waals surface area contributed by atoms with Crippen LogP contribution in [0.25, 0.3) is 5.57 Å². The van der Waals surface area contributed by atoms with E-state index in [1.54, 1.807) is 18.2 Å². The lowest BCUT2D eigenvalue weighted by atomic mass is 9.97. The third kappa shape index (κ3) is 3.44. The van der Waals surface area contributed by atoms with Crippen molar-refractivity contribution in [2.75, 3.05) is 17.0 Å². The van der Waals surface area contributed by atoms with Crippen molar-refractivity contribution in [3.05, 3.63) is 88.1 Å². The maximum absolute atomic E-state index is 13.7. The molecule has 0 aromatic heterocycles. The molecule has 0 saturated carbocycles. The number of carbonyl (C=O) groups is 2. The number of imide groups is 1. The number of fused-ring (bicyclic) bond motifs is 1. The van der Waals surface area contributed by atoms with E-state index >= 15 is 0 Å². The Balaban J connectivity index is 1.65. The molecule has 0 radical (unpaired) electrons. The quantitative estimate of drug-likeness (QED) is 0.576. The summed E-state index contributed by atoms with van der Waals surface area (Å²) in [6.45, 7) is 8.07. The van der Waals surface area contributed by atoms with Crippen molar-refractivity contribution < 1.29 is 19.1 Å². The van der Waals surface area contributed by atoms with Gasteiger partial charge in [0.25, 0.3) is 11.8 Å². The highest BCUT2D eigenvalue weighted by atomic mass is 16.7. The van der Waals surface area contributed by atoms with Crippen molar-refractivity contribution >= 4 is 28.8 Å². The van der Waals surface area contributed by atoms with E-state index in [1.165, 1.54) is 4.90 Å². The average molecular weight is 440 g/mol. The standard InChI is InChI=1S/C27H24N2O4/c1-15-8-10-20(17(3)12-15)24-25(28-21-7-5-6-16(2)18(21)4)27(31)29(26(24)30)19-9-11-22-23(13-19)33-14-32-22/h5-13,28H,14H2,1-4H3. The van der Waals surface area contributed by atoms with Crippen LogP contribution in [-0.2, 0) is 9.59 Å². The summed E-state index contributed by atoms with van der Waals surface area (Å²) < 4.78 is 10.8. The molecule has 166 valence electrons. The molecule has 1 N–H and O–H groups in total. The fraction of sp³-hybridized carbons (Fsp3) is 0.185. The van der Waals surface area contributed by atoms with E-state index in [0.717, 1.165) is 33.5 Å². The Morgan fingerprint density at radius 1 is 0.818 bits per heavy atom. The molecule has 0 spiro atoms. The van der Waals surface area contributed by atoms with Crippen LogP contribution in [0.3, 0.4) is 0 Å². The highest BCUT2D eigenvalue weighted by Crippen LogP contribution is 2.40. The largest absolute Gasteiger partial charge is 0.454 e. The Kier molecular flexibility index (Phi) is 4.93. The summed E-state index contributed by atoms with van der Waals surface area (Å²) in [6, 6.07) is 16.8. The summed E-state index contributed by atoms with van der Waals surface area (Å²) in [6.07, 6.45) is 0. The number of aryl methyl sites for hydroxylation is 3. The molecule has 0 fully saturated rings. The minimum Gasteiger partial charge on any atom is -0.454 e. The summed E-state index contributed by atoms with van der Waals surface area (Å²) in [5, 5.41) is 3.28. The van der Waals surface area contributed by atoms with E-state index in [9.17, 15) is 9.59 Å². The molecule has 5 rings (SSSR count). The molecular weight excluding hydrogens is 416 g/mol. The van der Waals surface area contributed by atoms with E-state index in [0.29, 0.717) is 22.8 Å². The van der Waals surface area contributed by atoms with Gasteiger partial charge in [0.2, 0.25) is 6.79 Å². The molecule has 0 bridgehead atoms. The zero-order valence-corrected chi connectivity index (χ0v) is 19.0. The van der Waals surface area contributed by atoms with Crippen molar-refractivity contribution in [3.8, 4) is 11.5 Å². The zero-order chi connectivity index (χ0) is 23.3. The molecule has 0 unspecified atom stereocenters. The van der Waals surface area contributed by atoms with Crippen LogP contribution in [0.15, 0.2) is 60.3 Å². The molecule has 6 nitrogen and oxygen atoms in total. The number of anilines is 2. The van der Waals surface area contributed by atoms with Crippen LogP contribution in [0.1, 0.15) is 27.8 Å². The number of hydrogen-bond donors (Lipinski definition) is 1. The van der Waals surface area contributed by atoms with Crippen molar-refractivity contribution in [3.63, 3.8) is 0 Å². The van der Waals surface area contributed by atoms with Gasteiger partial charge in [-0.2, -0.15) is 0 Å². The van der Waals surface area contributed by atoms with Crippen LogP contribution in [0.2, 0.25) is 0 Å². The number of nitrogens with zero attached hydrogens (tertiary/aromatic N) is 1. The van der Waals surface area contributed by atoms with Crippen molar-refractivity contribution in [1.29, 1.82) is 0 Å². The van der Waals surface area contributed by atoms with Crippen LogP contribution >= 0.6 is 0 Å². The lowest BCUT2D eigenvalue weighted by molar-refractivity contribution is -0.120. The monoisotopic (exact) mass is 440 g/mol. The lowest BCUT2D eigenvalue weighted by Crippen LogP contribution is -2.32. The third-order valence-corrected chi connectivity index (χ3v) is 6.21. The highest BCUT2D eigenvalue weighted by Gasteiger charge is 2.41. The van der Waals surface area contributed by atoms with Gasteiger partial charge in [-0.15, -0.1) is 0 Å². The van der Waals surface area contributed by atoms with Crippen molar-refractivity contribution in [1.82, 2.24) is 0 Å². The number of hydrogen-bond acceptors (Lipinski definition) is 5. The van der Waals surface area contributed by atoms with Crippen LogP contribution in [-0.4, -0.2) is 18.6 Å². The van der Waals surface area contributed by atoms with E-state index in [-0.39, 0.29) is 18.4 Å². The van der Waals surface area contributed by atoms with E-state index in [2.05, 4.69) is 5.32 Å². The second kappa shape index (κ2) is 7.81. The Labute approximate surface area is 192 Å². The van der Waals surface area contributed by atoms with Gasteiger partial charge in [0.1, 0.15) is 5.70 Å². The number of amides is 2. The maximum Gasteiger partial charge on any atom is 0.282 e. The fourth-order valence-corrected chi connectivity index (χ4v) is 4.27. The Bertz CT molecular complexity index is 1360. The minimum atomic E-state index is -0.408. The molecule has 0 saturated heterocycles. The molecule has 2 aliphatic heterocycles. The molecule has 2 aliphatic rings. The smallest absolute Gasteiger partial charge is 0.282 e. The van der Waals surface area contributed by atoms with Gasteiger partial charge in [0.05, 0.1) is 11.3 Å². The first-order valence-electron chi connectivity index (χ1n) is 10.8. The number of carbonyl (C=O) groups excluding carboxylic acids is 2. The molecule has 3 aromatic carbocycles. The van der Waals surface area contributed by atoms with Gasteiger partial charge in [-0.25, -0.2) is 4.90 Å². The molecule has 2 heterocycles.